The van der Waals surface area contributed by atoms with Gasteiger partial charge in [0.1, 0.15) is 6.04 Å². The number of nitrogens with zero attached hydrogens (tertiary/aromatic N) is 1. The molecule has 1 aromatic carbocycles. The van der Waals surface area contributed by atoms with E-state index in [1.807, 2.05) is 6.07 Å². The van der Waals surface area contributed by atoms with Crippen LogP contribution in [0.1, 0.15) is 12.5 Å². The molecule has 112 valence electrons. The Morgan fingerprint density at radius 1 is 1.38 bits per heavy atom. The number of rotatable bonds is 2. The van der Waals surface area contributed by atoms with Gasteiger partial charge in [0, 0.05) is 16.6 Å². The molecule has 1 amide bonds. The quantitative estimate of drug-likeness (QED) is 0.592. The first-order valence-electron chi connectivity index (χ1n) is 6.36. The minimum absolute atomic E-state index is 0.0918. The summed E-state index contributed by atoms with van der Waals surface area (Å²) in [6, 6.07) is 4.38. The number of amides is 1. The van der Waals surface area contributed by atoms with Crippen molar-refractivity contribution in [3.05, 3.63) is 28.2 Å². The number of carbonyl (C=O) groups is 3. The third-order valence-electron chi connectivity index (χ3n) is 3.17. The Labute approximate surface area is 130 Å². The molecule has 0 aliphatic carbocycles. The molecule has 2 rings (SSSR count). The van der Waals surface area contributed by atoms with Crippen LogP contribution in [-0.4, -0.2) is 37.6 Å². The van der Waals surface area contributed by atoms with E-state index < -0.39 is 23.9 Å². The van der Waals surface area contributed by atoms with E-state index in [-0.39, 0.29) is 6.61 Å². The average Bonchev–Trinajstić information content (AvgIpc) is 2.84. The second kappa shape index (κ2) is 6.26. The molecule has 0 fully saturated rings. The van der Waals surface area contributed by atoms with E-state index >= 15 is 0 Å². The second-order valence-electron chi connectivity index (χ2n) is 4.41. The average molecular weight is 356 g/mol. The summed E-state index contributed by atoms with van der Waals surface area (Å²) in [6.07, 6.45) is 0.298. The number of ether oxygens (including phenoxy) is 2. The van der Waals surface area contributed by atoms with E-state index in [0.29, 0.717) is 12.1 Å². The summed E-state index contributed by atoms with van der Waals surface area (Å²) < 4.78 is 10.3. The Morgan fingerprint density at radius 2 is 2.10 bits per heavy atom. The van der Waals surface area contributed by atoms with Crippen LogP contribution >= 0.6 is 15.9 Å². The lowest BCUT2D eigenvalue weighted by Crippen LogP contribution is -2.47. The number of anilines is 1. The Kier molecular flexibility index (Phi) is 4.62. The molecule has 0 saturated heterocycles. The maximum absolute atomic E-state index is 12.2. The number of carbonyl (C=O) groups excluding carboxylic acids is 3. The van der Waals surface area contributed by atoms with Gasteiger partial charge < -0.3 is 9.47 Å². The van der Waals surface area contributed by atoms with E-state index in [2.05, 4.69) is 15.9 Å². The maximum atomic E-state index is 12.2. The minimum Gasteiger partial charge on any atom is -0.467 e. The molecule has 0 aromatic heterocycles. The van der Waals surface area contributed by atoms with Gasteiger partial charge in [0.05, 0.1) is 13.7 Å². The number of fused-ring (bicyclic) bond motifs is 1. The zero-order valence-electron chi connectivity index (χ0n) is 11.6. The predicted octanol–water partition coefficient (Wildman–Crippen LogP) is 1.44. The van der Waals surface area contributed by atoms with Crippen LogP contribution < -0.4 is 4.90 Å². The van der Waals surface area contributed by atoms with Crippen LogP contribution in [0, 0.1) is 0 Å². The summed E-state index contributed by atoms with van der Waals surface area (Å²) in [5.74, 6) is -2.42. The highest BCUT2D eigenvalue weighted by Gasteiger charge is 2.42. The van der Waals surface area contributed by atoms with Crippen molar-refractivity contribution in [2.45, 2.75) is 19.4 Å². The highest BCUT2D eigenvalue weighted by Crippen LogP contribution is 2.34. The van der Waals surface area contributed by atoms with Gasteiger partial charge in [-0.15, -0.1) is 0 Å². The van der Waals surface area contributed by atoms with E-state index in [4.69, 9.17) is 9.47 Å². The van der Waals surface area contributed by atoms with Crippen molar-refractivity contribution < 1.29 is 23.9 Å². The van der Waals surface area contributed by atoms with Gasteiger partial charge >= 0.3 is 17.8 Å². The fourth-order valence-corrected chi connectivity index (χ4v) is 2.70. The molecule has 6 nitrogen and oxygen atoms in total. The van der Waals surface area contributed by atoms with Crippen molar-refractivity contribution in [3.8, 4) is 0 Å². The molecule has 1 aliphatic heterocycles. The SMILES string of the molecule is CCOC(=O)C(=O)N1c2ccc(Br)cc2CC1C(=O)OC. The van der Waals surface area contributed by atoms with E-state index in [9.17, 15) is 14.4 Å². The van der Waals surface area contributed by atoms with Crippen molar-refractivity contribution >= 4 is 39.5 Å². The molecule has 0 N–H and O–H groups in total. The highest BCUT2D eigenvalue weighted by molar-refractivity contribution is 9.10. The molecule has 1 aliphatic rings. The summed E-state index contributed by atoms with van der Waals surface area (Å²) in [7, 11) is 1.24. The second-order valence-corrected chi connectivity index (χ2v) is 5.33. The van der Waals surface area contributed by atoms with Crippen molar-refractivity contribution in [2.75, 3.05) is 18.6 Å². The van der Waals surface area contributed by atoms with Crippen LogP contribution in [0.5, 0.6) is 0 Å². The largest absolute Gasteiger partial charge is 0.467 e. The van der Waals surface area contributed by atoms with Crippen molar-refractivity contribution in [2.24, 2.45) is 0 Å². The van der Waals surface area contributed by atoms with Crippen LogP contribution in [-0.2, 0) is 30.3 Å². The standard InChI is InChI=1S/C14H14BrNO5/c1-3-21-14(19)12(17)16-10-5-4-9(15)6-8(10)7-11(16)13(18)20-2/h4-6,11H,3,7H2,1-2H3. The van der Waals surface area contributed by atoms with E-state index in [1.165, 1.54) is 7.11 Å². The Balaban J connectivity index is 2.40. The monoisotopic (exact) mass is 355 g/mol. The van der Waals surface area contributed by atoms with Gasteiger partial charge in [-0.3, -0.25) is 9.69 Å². The lowest BCUT2D eigenvalue weighted by molar-refractivity contribution is -0.154. The van der Waals surface area contributed by atoms with E-state index in [0.717, 1.165) is 14.9 Å². The third-order valence-corrected chi connectivity index (χ3v) is 3.66. The van der Waals surface area contributed by atoms with Crippen molar-refractivity contribution in [1.82, 2.24) is 0 Å². The van der Waals surface area contributed by atoms with Crippen LogP contribution in [0.3, 0.4) is 0 Å². The summed E-state index contributed by atoms with van der Waals surface area (Å²) in [5, 5.41) is 0. The number of methoxy groups -OCH3 is 1. The number of hydrogen-bond donors (Lipinski definition) is 0. The summed E-state index contributed by atoms with van der Waals surface area (Å²) in [5.41, 5.74) is 1.31. The van der Waals surface area contributed by atoms with Crippen molar-refractivity contribution in [1.29, 1.82) is 0 Å². The van der Waals surface area contributed by atoms with Crippen LogP contribution in [0.25, 0.3) is 0 Å². The molecule has 1 atom stereocenters. The van der Waals surface area contributed by atoms with Gasteiger partial charge in [0.25, 0.3) is 0 Å². The van der Waals surface area contributed by atoms with Gasteiger partial charge in [0.2, 0.25) is 0 Å². The first-order valence-corrected chi connectivity index (χ1v) is 7.15. The summed E-state index contributed by atoms with van der Waals surface area (Å²) >= 11 is 3.34. The fraction of sp³-hybridized carbons (Fsp3) is 0.357. The maximum Gasteiger partial charge on any atom is 0.397 e. The zero-order chi connectivity index (χ0) is 15.6. The van der Waals surface area contributed by atoms with Gasteiger partial charge in [-0.05, 0) is 30.7 Å². The number of halogens is 1. The lowest BCUT2D eigenvalue weighted by atomic mass is 10.1. The smallest absolute Gasteiger partial charge is 0.397 e. The Morgan fingerprint density at radius 3 is 2.71 bits per heavy atom. The van der Waals surface area contributed by atoms with Crippen LogP contribution in [0.4, 0.5) is 5.69 Å². The van der Waals surface area contributed by atoms with Gasteiger partial charge in [-0.2, -0.15) is 0 Å². The zero-order valence-corrected chi connectivity index (χ0v) is 13.2. The Bertz CT molecular complexity index is 601. The molecule has 0 saturated carbocycles. The first kappa shape index (κ1) is 15.5. The minimum atomic E-state index is -0.984. The summed E-state index contributed by atoms with van der Waals surface area (Å²) in [6.45, 7) is 1.70. The predicted molar refractivity (Wildman–Crippen MR) is 77.8 cm³/mol. The molecule has 0 spiro atoms. The normalized spacial score (nSPS) is 16.3. The lowest BCUT2D eigenvalue weighted by Gasteiger charge is -2.22. The molecule has 21 heavy (non-hydrogen) atoms. The van der Waals surface area contributed by atoms with Gasteiger partial charge in [-0.1, -0.05) is 15.9 Å². The van der Waals surface area contributed by atoms with Crippen LogP contribution in [0.15, 0.2) is 22.7 Å². The van der Waals surface area contributed by atoms with Gasteiger partial charge in [-0.25, -0.2) is 9.59 Å². The fourth-order valence-electron chi connectivity index (χ4n) is 2.29. The molecule has 1 heterocycles. The summed E-state index contributed by atoms with van der Waals surface area (Å²) in [4.78, 5) is 37.0. The molecule has 1 unspecified atom stereocenters. The number of hydrogen-bond acceptors (Lipinski definition) is 5. The first-order chi connectivity index (χ1) is 9.99. The molecular formula is C14H14BrNO5. The van der Waals surface area contributed by atoms with E-state index in [1.54, 1.807) is 19.1 Å². The topological polar surface area (TPSA) is 72.9 Å². The molecular weight excluding hydrogens is 342 g/mol. The molecule has 1 aromatic rings. The van der Waals surface area contributed by atoms with Gasteiger partial charge in [0.15, 0.2) is 0 Å². The molecule has 7 heteroatoms. The Hall–Kier alpha value is -1.89. The highest BCUT2D eigenvalue weighted by atomic mass is 79.9. The third kappa shape index (κ3) is 2.92. The number of benzene rings is 1. The van der Waals surface area contributed by atoms with Crippen LogP contribution in [0.2, 0.25) is 0 Å². The van der Waals surface area contributed by atoms with Crippen molar-refractivity contribution in [3.63, 3.8) is 0 Å². The molecule has 0 bridgehead atoms. The molecule has 0 radical (unpaired) electrons. The number of esters is 2.